The molecular formula is C37H41N3O4. The number of carbonyl (C=O) groups is 1. The molecule has 1 fully saturated rings. The molecule has 5 rings (SSSR count). The van der Waals surface area contributed by atoms with Gasteiger partial charge in [0.2, 0.25) is 0 Å². The van der Waals surface area contributed by atoms with E-state index in [1.807, 2.05) is 78.9 Å². The van der Waals surface area contributed by atoms with Crippen LogP contribution in [0.3, 0.4) is 0 Å². The molecule has 1 aliphatic rings. The number of hydrogen-bond acceptors (Lipinski definition) is 5. The molecule has 228 valence electrons. The number of aliphatic hydroxyl groups is 1. The van der Waals surface area contributed by atoms with Crippen molar-refractivity contribution in [1.82, 2.24) is 15.5 Å². The average molecular weight is 592 g/mol. The van der Waals surface area contributed by atoms with Crippen molar-refractivity contribution in [2.24, 2.45) is 0 Å². The molecule has 7 heteroatoms. The van der Waals surface area contributed by atoms with E-state index in [0.29, 0.717) is 13.1 Å². The lowest BCUT2D eigenvalue weighted by atomic mass is 9.97. The zero-order valence-electron chi connectivity index (χ0n) is 25.2. The minimum Gasteiger partial charge on any atom is -0.392 e. The largest absolute Gasteiger partial charge is 0.392 e. The van der Waals surface area contributed by atoms with Gasteiger partial charge in [-0.05, 0) is 40.4 Å². The lowest BCUT2D eigenvalue weighted by Crippen LogP contribution is -2.37. The van der Waals surface area contributed by atoms with Crippen molar-refractivity contribution in [2.45, 2.75) is 44.6 Å². The molecule has 0 aliphatic carbocycles. The van der Waals surface area contributed by atoms with E-state index in [1.54, 1.807) is 0 Å². The second kappa shape index (κ2) is 15.5. The fourth-order valence-electron chi connectivity index (χ4n) is 5.47. The van der Waals surface area contributed by atoms with Gasteiger partial charge in [-0.2, -0.15) is 0 Å². The monoisotopic (exact) mass is 591 g/mol. The highest BCUT2D eigenvalue weighted by Gasteiger charge is 2.32. The Morgan fingerprint density at radius 2 is 1.55 bits per heavy atom. The first kappa shape index (κ1) is 31.2. The van der Waals surface area contributed by atoms with Crippen molar-refractivity contribution >= 4 is 6.03 Å². The summed E-state index contributed by atoms with van der Waals surface area (Å²) in [6.45, 7) is 6.29. The van der Waals surface area contributed by atoms with Crippen LogP contribution in [-0.2, 0) is 29.2 Å². The van der Waals surface area contributed by atoms with Gasteiger partial charge in [0, 0.05) is 38.2 Å². The Bertz CT molecular complexity index is 1490. The number of rotatable bonds is 12. The Kier molecular flexibility index (Phi) is 10.9. The number of nitrogens with zero attached hydrogens (tertiary/aromatic N) is 1. The highest BCUT2D eigenvalue weighted by atomic mass is 16.7. The van der Waals surface area contributed by atoms with E-state index in [9.17, 15) is 9.90 Å². The summed E-state index contributed by atoms with van der Waals surface area (Å²) in [6.07, 6.45) is 1.94. The van der Waals surface area contributed by atoms with E-state index in [0.717, 1.165) is 58.5 Å². The Hall–Kier alpha value is -4.27. The number of nitrogens with one attached hydrogen (secondary N) is 2. The highest BCUT2D eigenvalue weighted by Crippen LogP contribution is 2.38. The van der Waals surface area contributed by atoms with Crippen LogP contribution in [0.5, 0.6) is 0 Å². The summed E-state index contributed by atoms with van der Waals surface area (Å²) in [5.74, 6) is 0. The third-order valence-corrected chi connectivity index (χ3v) is 7.82. The van der Waals surface area contributed by atoms with Gasteiger partial charge >= 0.3 is 6.03 Å². The molecule has 1 saturated heterocycles. The molecule has 4 aromatic rings. The molecule has 2 amide bonds. The quantitative estimate of drug-likeness (QED) is 0.164. The molecular weight excluding hydrogens is 550 g/mol. The minimum absolute atomic E-state index is 0.0134. The van der Waals surface area contributed by atoms with Gasteiger partial charge < -0.3 is 30.1 Å². The van der Waals surface area contributed by atoms with Crippen LogP contribution in [0.4, 0.5) is 4.79 Å². The van der Waals surface area contributed by atoms with Crippen molar-refractivity contribution < 1.29 is 19.4 Å². The number of amides is 2. The normalized spacial score (nSPS) is 18.1. The second-order valence-electron chi connectivity index (χ2n) is 11.2. The summed E-state index contributed by atoms with van der Waals surface area (Å²) in [5.41, 5.74) is 7.06. The van der Waals surface area contributed by atoms with Crippen molar-refractivity contribution in [1.29, 1.82) is 0 Å². The third-order valence-electron chi connectivity index (χ3n) is 7.82. The first-order valence-corrected chi connectivity index (χ1v) is 15.1. The van der Waals surface area contributed by atoms with Crippen molar-refractivity contribution in [3.05, 3.63) is 144 Å². The third kappa shape index (κ3) is 8.42. The van der Waals surface area contributed by atoms with Crippen LogP contribution in [-0.4, -0.2) is 42.3 Å². The molecule has 1 heterocycles. The van der Waals surface area contributed by atoms with E-state index in [4.69, 9.17) is 9.47 Å². The van der Waals surface area contributed by atoms with Gasteiger partial charge in [0.05, 0.1) is 18.8 Å². The predicted octanol–water partition coefficient (Wildman–Crippen LogP) is 6.51. The molecule has 0 unspecified atom stereocenters. The first-order chi connectivity index (χ1) is 21.5. The Morgan fingerprint density at radius 1 is 0.864 bits per heavy atom. The molecule has 44 heavy (non-hydrogen) atoms. The van der Waals surface area contributed by atoms with Crippen molar-refractivity contribution in [3.8, 4) is 11.1 Å². The molecule has 0 bridgehead atoms. The molecule has 3 atom stereocenters. The highest BCUT2D eigenvalue weighted by molar-refractivity contribution is 5.75. The molecule has 4 aromatic carbocycles. The fourth-order valence-corrected chi connectivity index (χ4v) is 5.47. The van der Waals surface area contributed by atoms with Gasteiger partial charge in [0.25, 0.3) is 0 Å². The van der Waals surface area contributed by atoms with Gasteiger partial charge in [-0.15, -0.1) is 6.58 Å². The summed E-state index contributed by atoms with van der Waals surface area (Å²) in [4.78, 5) is 14.7. The van der Waals surface area contributed by atoms with Crippen molar-refractivity contribution in [3.63, 3.8) is 0 Å². The molecule has 0 spiro atoms. The topological polar surface area (TPSA) is 83.1 Å². The minimum atomic E-state index is -0.521. The van der Waals surface area contributed by atoms with E-state index < -0.39 is 6.29 Å². The summed E-state index contributed by atoms with van der Waals surface area (Å²) < 4.78 is 13.0. The van der Waals surface area contributed by atoms with Crippen LogP contribution < -0.4 is 10.6 Å². The molecule has 3 N–H and O–H groups in total. The molecule has 7 nitrogen and oxygen atoms in total. The predicted molar refractivity (Wildman–Crippen MR) is 174 cm³/mol. The molecule has 0 radical (unpaired) electrons. The summed E-state index contributed by atoms with van der Waals surface area (Å²) in [6, 6.07) is 33.9. The number of urea groups is 1. The summed E-state index contributed by atoms with van der Waals surface area (Å²) in [7, 11) is 2.06. The van der Waals surface area contributed by atoms with Crippen LogP contribution in [0.2, 0.25) is 0 Å². The molecule has 0 aromatic heterocycles. The summed E-state index contributed by atoms with van der Waals surface area (Å²) in [5, 5.41) is 15.4. The van der Waals surface area contributed by atoms with Crippen LogP contribution in [0.1, 0.15) is 46.6 Å². The maximum atomic E-state index is 12.5. The average Bonchev–Trinajstić information content (AvgIpc) is 3.07. The zero-order chi connectivity index (χ0) is 30.7. The van der Waals surface area contributed by atoms with Crippen molar-refractivity contribution in [2.75, 3.05) is 20.1 Å². The van der Waals surface area contributed by atoms with Gasteiger partial charge in [0.15, 0.2) is 6.29 Å². The first-order valence-electron chi connectivity index (χ1n) is 15.1. The van der Waals surface area contributed by atoms with E-state index in [2.05, 4.69) is 59.5 Å². The number of benzene rings is 4. The lowest BCUT2D eigenvalue weighted by molar-refractivity contribution is -0.252. The van der Waals surface area contributed by atoms with Crippen LogP contribution in [0, 0.1) is 0 Å². The molecule has 0 saturated carbocycles. The standard InChI is InChI=1S/C37H41N3O4/c1-3-21-40(2)25-33-22-35(30-15-13-28(26-41)14-16-30)44-36(43-33)31-19-17-29(18-20-31)34-12-8-7-11-32(34)24-39-37(42)38-23-27-9-5-4-6-10-27/h3-20,33,35-36,41H,1,21-26H2,2H3,(H2,38,39,42)/t33-,35+,36+/m1/s1. The van der Waals surface area contributed by atoms with Gasteiger partial charge in [-0.1, -0.05) is 109 Å². The van der Waals surface area contributed by atoms with Gasteiger partial charge in [-0.25, -0.2) is 4.79 Å². The number of aliphatic hydroxyl groups excluding tert-OH is 1. The maximum absolute atomic E-state index is 12.5. The van der Waals surface area contributed by atoms with E-state index in [-0.39, 0.29) is 24.8 Å². The van der Waals surface area contributed by atoms with Gasteiger partial charge in [-0.3, -0.25) is 0 Å². The van der Waals surface area contributed by atoms with E-state index in [1.165, 1.54) is 0 Å². The van der Waals surface area contributed by atoms with E-state index >= 15 is 0 Å². The fraction of sp³-hybridized carbons (Fsp3) is 0.270. The maximum Gasteiger partial charge on any atom is 0.315 e. The number of carbonyl (C=O) groups excluding carboxylic acids is 1. The van der Waals surface area contributed by atoms with Crippen LogP contribution in [0.15, 0.2) is 116 Å². The Morgan fingerprint density at radius 3 is 2.27 bits per heavy atom. The Balaban J connectivity index is 1.27. The van der Waals surface area contributed by atoms with Crippen LogP contribution in [0.25, 0.3) is 11.1 Å². The Labute approximate surface area is 260 Å². The molecule has 1 aliphatic heterocycles. The number of hydrogen-bond donors (Lipinski definition) is 3. The SMILES string of the molecule is C=CCN(C)C[C@H]1C[C@@H](c2ccc(CO)cc2)O[C@@H](c2ccc(-c3ccccc3CNC(=O)NCc3ccccc3)cc2)O1. The van der Waals surface area contributed by atoms with Gasteiger partial charge in [0.1, 0.15) is 0 Å². The lowest BCUT2D eigenvalue weighted by Gasteiger charge is -2.37. The zero-order valence-corrected chi connectivity index (χ0v) is 25.2. The second-order valence-corrected chi connectivity index (χ2v) is 11.2. The van der Waals surface area contributed by atoms with Crippen LogP contribution >= 0.6 is 0 Å². The number of ether oxygens (including phenoxy) is 2. The number of likely N-dealkylation sites (N-methyl/N-ethyl adjacent to an activating group) is 1. The smallest absolute Gasteiger partial charge is 0.315 e. The summed E-state index contributed by atoms with van der Waals surface area (Å²) >= 11 is 0.